The Morgan fingerprint density at radius 3 is 2.72 bits per heavy atom. The topological polar surface area (TPSA) is 55.1 Å². The van der Waals surface area contributed by atoms with Crippen LogP contribution in [-0.4, -0.2) is 10.9 Å². The van der Waals surface area contributed by atoms with Gasteiger partial charge in [0.15, 0.2) is 0 Å². The summed E-state index contributed by atoms with van der Waals surface area (Å²) in [6.07, 6.45) is 0. The zero-order valence-corrected chi connectivity index (χ0v) is 11.0. The standard InChI is InChI=1S/C12H10Cl2N2O2/c1-7-2-3-8(18-7)6-15-12(17)9-4-5-10(13)16-11(9)14/h2-5H,6H2,1H3,(H,15,17). The summed E-state index contributed by atoms with van der Waals surface area (Å²) in [7, 11) is 0. The van der Waals surface area contributed by atoms with Gasteiger partial charge in [0.25, 0.3) is 5.91 Å². The first kappa shape index (κ1) is 12.9. The first-order valence-electron chi connectivity index (χ1n) is 5.22. The molecule has 2 aromatic heterocycles. The average molecular weight is 285 g/mol. The second-order valence-electron chi connectivity index (χ2n) is 3.67. The van der Waals surface area contributed by atoms with Crippen molar-refractivity contribution in [3.63, 3.8) is 0 Å². The fourth-order valence-corrected chi connectivity index (χ4v) is 1.85. The first-order valence-corrected chi connectivity index (χ1v) is 5.97. The zero-order valence-electron chi connectivity index (χ0n) is 9.54. The molecule has 4 nitrogen and oxygen atoms in total. The van der Waals surface area contributed by atoms with E-state index in [1.807, 2.05) is 13.0 Å². The van der Waals surface area contributed by atoms with E-state index >= 15 is 0 Å². The van der Waals surface area contributed by atoms with Crippen molar-refractivity contribution in [2.75, 3.05) is 0 Å². The Kier molecular flexibility index (Phi) is 3.89. The molecule has 2 rings (SSSR count). The van der Waals surface area contributed by atoms with Gasteiger partial charge in [-0.15, -0.1) is 0 Å². The summed E-state index contributed by atoms with van der Waals surface area (Å²) in [6, 6.07) is 6.68. The molecule has 2 heterocycles. The Labute approximate surface area is 114 Å². The van der Waals surface area contributed by atoms with Gasteiger partial charge in [-0.05, 0) is 31.2 Å². The van der Waals surface area contributed by atoms with Gasteiger partial charge in [0, 0.05) is 0 Å². The number of amides is 1. The molecule has 18 heavy (non-hydrogen) atoms. The largest absolute Gasteiger partial charge is 0.465 e. The normalized spacial score (nSPS) is 10.4. The quantitative estimate of drug-likeness (QED) is 0.881. The maximum Gasteiger partial charge on any atom is 0.254 e. The lowest BCUT2D eigenvalue weighted by Gasteiger charge is -2.04. The number of hydrogen-bond acceptors (Lipinski definition) is 3. The second kappa shape index (κ2) is 5.42. The van der Waals surface area contributed by atoms with E-state index in [-0.39, 0.29) is 21.8 Å². The molecule has 1 amide bonds. The van der Waals surface area contributed by atoms with Crippen LogP contribution in [0.5, 0.6) is 0 Å². The molecule has 0 saturated heterocycles. The zero-order chi connectivity index (χ0) is 13.1. The van der Waals surface area contributed by atoms with Crippen molar-refractivity contribution in [1.82, 2.24) is 10.3 Å². The molecular formula is C12H10Cl2N2O2. The third-order valence-corrected chi connectivity index (χ3v) is 2.78. The minimum Gasteiger partial charge on any atom is -0.465 e. The molecule has 6 heteroatoms. The summed E-state index contributed by atoms with van der Waals surface area (Å²) in [4.78, 5) is 15.6. The maximum absolute atomic E-state index is 11.8. The van der Waals surface area contributed by atoms with Gasteiger partial charge in [-0.1, -0.05) is 23.2 Å². The number of carbonyl (C=O) groups excluding carboxylic acids is 1. The van der Waals surface area contributed by atoms with Gasteiger partial charge in [-0.2, -0.15) is 0 Å². The predicted molar refractivity (Wildman–Crippen MR) is 68.9 cm³/mol. The highest BCUT2D eigenvalue weighted by Crippen LogP contribution is 2.16. The molecule has 2 aromatic rings. The molecule has 0 fully saturated rings. The highest BCUT2D eigenvalue weighted by molar-refractivity contribution is 6.34. The summed E-state index contributed by atoms with van der Waals surface area (Å²) in [6.45, 7) is 2.14. The average Bonchev–Trinajstić information content (AvgIpc) is 2.72. The summed E-state index contributed by atoms with van der Waals surface area (Å²) >= 11 is 11.5. The smallest absolute Gasteiger partial charge is 0.254 e. The van der Waals surface area contributed by atoms with Gasteiger partial charge in [-0.25, -0.2) is 4.98 Å². The van der Waals surface area contributed by atoms with Crippen LogP contribution in [0.4, 0.5) is 0 Å². The van der Waals surface area contributed by atoms with E-state index < -0.39 is 0 Å². The van der Waals surface area contributed by atoms with Gasteiger partial charge in [0.1, 0.15) is 21.8 Å². The van der Waals surface area contributed by atoms with E-state index in [1.54, 1.807) is 6.07 Å². The minimum atomic E-state index is -0.321. The number of rotatable bonds is 3. The molecule has 1 N–H and O–H groups in total. The number of aromatic nitrogens is 1. The van der Waals surface area contributed by atoms with Crippen LogP contribution in [0.1, 0.15) is 21.9 Å². The molecule has 0 radical (unpaired) electrons. The Morgan fingerprint density at radius 2 is 2.11 bits per heavy atom. The number of nitrogens with zero attached hydrogens (tertiary/aromatic N) is 1. The Hall–Kier alpha value is -1.52. The molecule has 0 aliphatic rings. The van der Waals surface area contributed by atoms with Gasteiger partial charge in [0.2, 0.25) is 0 Å². The van der Waals surface area contributed by atoms with E-state index in [4.69, 9.17) is 27.6 Å². The molecule has 0 saturated carbocycles. The highest BCUT2D eigenvalue weighted by atomic mass is 35.5. The van der Waals surface area contributed by atoms with Crippen molar-refractivity contribution < 1.29 is 9.21 Å². The monoisotopic (exact) mass is 284 g/mol. The molecule has 0 atom stereocenters. The number of halogens is 2. The van der Waals surface area contributed by atoms with Crippen molar-refractivity contribution in [2.45, 2.75) is 13.5 Å². The SMILES string of the molecule is Cc1ccc(CNC(=O)c2ccc(Cl)nc2Cl)o1. The highest BCUT2D eigenvalue weighted by Gasteiger charge is 2.12. The molecule has 94 valence electrons. The minimum absolute atomic E-state index is 0.0793. The summed E-state index contributed by atoms with van der Waals surface area (Å²) in [5, 5.41) is 3.02. The number of furan rings is 1. The summed E-state index contributed by atoms with van der Waals surface area (Å²) in [5.74, 6) is 1.16. The van der Waals surface area contributed by atoms with E-state index in [9.17, 15) is 4.79 Å². The molecular weight excluding hydrogens is 275 g/mol. The predicted octanol–water partition coefficient (Wildman–Crippen LogP) is 3.22. The van der Waals surface area contributed by atoms with E-state index in [2.05, 4.69) is 10.3 Å². The van der Waals surface area contributed by atoms with E-state index in [0.29, 0.717) is 12.3 Å². The fourth-order valence-electron chi connectivity index (χ4n) is 1.42. The first-order chi connectivity index (χ1) is 8.56. The van der Waals surface area contributed by atoms with Crippen molar-refractivity contribution in [3.8, 4) is 0 Å². The van der Waals surface area contributed by atoms with Crippen LogP contribution in [0.2, 0.25) is 10.3 Å². The van der Waals surface area contributed by atoms with Crippen LogP contribution in [-0.2, 0) is 6.54 Å². The van der Waals surface area contributed by atoms with Gasteiger partial charge < -0.3 is 9.73 Å². The lowest BCUT2D eigenvalue weighted by atomic mass is 10.2. The number of pyridine rings is 1. The number of hydrogen-bond donors (Lipinski definition) is 1. The Bertz CT molecular complexity index is 581. The Balaban J connectivity index is 2.03. The van der Waals surface area contributed by atoms with Gasteiger partial charge in [0.05, 0.1) is 12.1 Å². The van der Waals surface area contributed by atoms with Gasteiger partial charge in [-0.3, -0.25) is 4.79 Å². The molecule has 0 aliphatic carbocycles. The van der Waals surface area contributed by atoms with Crippen LogP contribution in [0, 0.1) is 6.92 Å². The van der Waals surface area contributed by atoms with Crippen LogP contribution >= 0.6 is 23.2 Å². The fraction of sp³-hybridized carbons (Fsp3) is 0.167. The van der Waals surface area contributed by atoms with Crippen LogP contribution in [0.25, 0.3) is 0 Å². The van der Waals surface area contributed by atoms with Crippen molar-refractivity contribution in [3.05, 3.63) is 51.7 Å². The molecule has 0 aliphatic heterocycles. The summed E-state index contributed by atoms with van der Waals surface area (Å²) < 4.78 is 5.33. The number of aryl methyl sites for hydroxylation is 1. The van der Waals surface area contributed by atoms with E-state index in [0.717, 1.165) is 5.76 Å². The second-order valence-corrected chi connectivity index (χ2v) is 4.41. The molecule has 0 spiro atoms. The van der Waals surface area contributed by atoms with Crippen molar-refractivity contribution >= 4 is 29.1 Å². The van der Waals surface area contributed by atoms with Crippen molar-refractivity contribution in [1.29, 1.82) is 0 Å². The lowest BCUT2D eigenvalue weighted by Crippen LogP contribution is -2.23. The Morgan fingerprint density at radius 1 is 1.33 bits per heavy atom. The van der Waals surface area contributed by atoms with Gasteiger partial charge >= 0.3 is 0 Å². The molecule has 0 unspecified atom stereocenters. The van der Waals surface area contributed by atoms with Crippen LogP contribution < -0.4 is 5.32 Å². The third-order valence-electron chi connectivity index (χ3n) is 2.28. The maximum atomic E-state index is 11.8. The van der Waals surface area contributed by atoms with E-state index in [1.165, 1.54) is 12.1 Å². The number of nitrogens with one attached hydrogen (secondary N) is 1. The third kappa shape index (κ3) is 3.03. The summed E-state index contributed by atoms with van der Waals surface area (Å²) in [5.41, 5.74) is 0.282. The molecule has 0 aromatic carbocycles. The number of carbonyl (C=O) groups is 1. The molecule has 0 bridgehead atoms. The lowest BCUT2D eigenvalue weighted by molar-refractivity contribution is 0.0947. The van der Waals surface area contributed by atoms with Crippen LogP contribution in [0.15, 0.2) is 28.7 Å². The van der Waals surface area contributed by atoms with Crippen LogP contribution in [0.3, 0.4) is 0 Å². The van der Waals surface area contributed by atoms with Crippen molar-refractivity contribution in [2.24, 2.45) is 0 Å².